The lowest BCUT2D eigenvalue weighted by Crippen LogP contribution is -2.37. The molecule has 1 rings (SSSR count). The third kappa shape index (κ3) is 4.88. The molecule has 4 heteroatoms. The number of rotatable bonds is 9. The summed E-state index contributed by atoms with van der Waals surface area (Å²) in [5.41, 5.74) is 2.92. The second kappa shape index (κ2) is 8.25. The number of unbranched alkanes of at least 4 members (excludes halogenated alkanes) is 3. The fourth-order valence-electron chi connectivity index (χ4n) is 2.10. The summed E-state index contributed by atoms with van der Waals surface area (Å²) < 4.78 is 2.18. The maximum atomic E-state index is 5.61. The predicted molar refractivity (Wildman–Crippen MR) is 71.5 cm³/mol. The average molecular weight is 238 g/mol. The summed E-state index contributed by atoms with van der Waals surface area (Å²) in [6.45, 7) is 5.34. The van der Waals surface area contributed by atoms with Crippen LogP contribution in [0.3, 0.4) is 0 Å². The van der Waals surface area contributed by atoms with Gasteiger partial charge < -0.3 is 4.57 Å². The lowest BCUT2D eigenvalue weighted by Gasteiger charge is -2.16. The van der Waals surface area contributed by atoms with Crippen molar-refractivity contribution in [2.75, 3.05) is 0 Å². The van der Waals surface area contributed by atoms with E-state index in [0.29, 0.717) is 6.04 Å². The number of hydrogen-bond donors (Lipinski definition) is 2. The van der Waals surface area contributed by atoms with Gasteiger partial charge in [0.25, 0.3) is 0 Å². The molecule has 0 bridgehead atoms. The Morgan fingerprint density at radius 1 is 1.35 bits per heavy atom. The van der Waals surface area contributed by atoms with Gasteiger partial charge in [0.2, 0.25) is 0 Å². The Balaban J connectivity index is 2.35. The molecule has 0 saturated carbocycles. The molecule has 4 nitrogen and oxygen atoms in total. The van der Waals surface area contributed by atoms with E-state index in [1.54, 1.807) is 0 Å². The van der Waals surface area contributed by atoms with Gasteiger partial charge in [-0.2, -0.15) is 0 Å². The summed E-state index contributed by atoms with van der Waals surface area (Å²) >= 11 is 0. The van der Waals surface area contributed by atoms with Crippen LogP contribution in [0.2, 0.25) is 0 Å². The summed E-state index contributed by atoms with van der Waals surface area (Å²) in [7, 11) is 0. The van der Waals surface area contributed by atoms with E-state index < -0.39 is 0 Å². The van der Waals surface area contributed by atoms with E-state index in [4.69, 9.17) is 5.84 Å². The smallest absolute Gasteiger partial charge is 0.110 e. The SMILES string of the molecule is CCCCCCC(Cc1nccn1CC)NN. The van der Waals surface area contributed by atoms with Crippen molar-refractivity contribution in [3.05, 3.63) is 18.2 Å². The predicted octanol–water partition coefficient (Wildman–Crippen LogP) is 2.25. The van der Waals surface area contributed by atoms with Gasteiger partial charge >= 0.3 is 0 Å². The van der Waals surface area contributed by atoms with Crippen LogP contribution in [0.5, 0.6) is 0 Å². The lowest BCUT2D eigenvalue weighted by molar-refractivity contribution is 0.449. The van der Waals surface area contributed by atoms with Gasteiger partial charge in [-0.3, -0.25) is 11.3 Å². The van der Waals surface area contributed by atoms with Crippen LogP contribution in [0.15, 0.2) is 12.4 Å². The van der Waals surface area contributed by atoms with Crippen molar-refractivity contribution in [3.63, 3.8) is 0 Å². The second-order valence-corrected chi connectivity index (χ2v) is 4.55. The maximum absolute atomic E-state index is 5.61. The summed E-state index contributed by atoms with van der Waals surface area (Å²) in [5.74, 6) is 6.74. The molecule has 0 aliphatic heterocycles. The van der Waals surface area contributed by atoms with Crippen LogP contribution >= 0.6 is 0 Å². The molecule has 1 unspecified atom stereocenters. The molecule has 0 spiro atoms. The molecule has 0 radical (unpaired) electrons. The number of aryl methyl sites for hydroxylation is 1. The molecular formula is C13H26N4. The van der Waals surface area contributed by atoms with E-state index >= 15 is 0 Å². The standard InChI is InChI=1S/C13H26N4/c1-3-5-6-7-8-12(16-14)11-13-15-9-10-17(13)4-2/h9-10,12,16H,3-8,11,14H2,1-2H3. The van der Waals surface area contributed by atoms with Gasteiger partial charge in [0, 0.05) is 31.4 Å². The first-order chi connectivity index (χ1) is 8.31. The summed E-state index contributed by atoms with van der Waals surface area (Å²) in [4.78, 5) is 4.39. The molecule has 0 fully saturated rings. The molecule has 1 aromatic heterocycles. The minimum atomic E-state index is 0.347. The van der Waals surface area contributed by atoms with Gasteiger partial charge in [0.1, 0.15) is 5.82 Å². The molecule has 17 heavy (non-hydrogen) atoms. The molecule has 1 heterocycles. The van der Waals surface area contributed by atoms with E-state index in [0.717, 1.165) is 25.2 Å². The molecular weight excluding hydrogens is 212 g/mol. The van der Waals surface area contributed by atoms with Crippen molar-refractivity contribution >= 4 is 0 Å². The molecule has 98 valence electrons. The number of nitrogens with zero attached hydrogens (tertiary/aromatic N) is 2. The van der Waals surface area contributed by atoms with Crippen LogP contribution in [0, 0.1) is 0 Å². The third-order valence-electron chi connectivity index (χ3n) is 3.21. The molecule has 1 aromatic rings. The minimum Gasteiger partial charge on any atom is -0.335 e. The summed E-state index contributed by atoms with van der Waals surface area (Å²) in [6, 6.07) is 0.347. The van der Waals surface area contributed by atoms with Crippen molar-refractivity contribution < 1.29 is 0 Å². The first kappa shape index (κ1) is 14.2. The number of hydrogen-bond acceptors (Lipinski definition) is 3. The molecule has 0 aromatic carbocycles. The average Bonchev–Trinajstić information content (AvgIpc) is 2.80. The first-order valence-corrected chi connectivity index (χ1v) is 6.77. The van der Waals surface area contributed by atoms with Crippen molar-refractivity contribution in [2.24, 2.45) is 5.84 Å². The molecule has 0 aliphatic carbocycles. The van der Waals surface area contributed by atoms with Crippen LogP contribution < -0.4 is 11.3 Å². The summed E-state index contributed by atoms with van der Waals surface area (Å²) in [6.07, 6.45) is 11.1. The Morgan fingerprint density at radius 2 is 2.18 bits per heavy atom. The van der Waals surface area contributed by atoms with Crippen LogP contribution in [0.25, 0.3) is 0 Å². The van der Waals surface area contributed by atoms with Crippen molar-refractivity contribution in [3.8, 4) is 0 Å². The van der Waals surface area contributed by atoms with Crippen LogP contribution in [-0.4, -0.2) is 15.6 Å². The number of aromatic nitrogens is 2. The molecule has 1 atom stereocenters. The summed E-state index contributed by atoms with van der Waals surface area (Å²) in [5, 5.41) is 0. The zero-order valence-corrected chi connectivity index (χ0v) is 11.2. The molecule has 0 aliphatic rings. The van der Waals surface area contributed by atoms with Gasteiger partial charge in [-0.1, -0.05) is 32.6 Å². The van der Waals surface area contributed by atoms with Crippen LogP contribution in [0.1, 0.15) is 51.8 Å². The number of nitrogens with two attached hydrogens (primary N) is 1. The van der Waals surface area contributed by atoms with E-state index in [1.807, 2.05) is 12.4 Å². The van der Waals surface area contributed by atoms with Crippen LogP contribution in [-0.2, 0) is 13.0 Å². The largest absolute Gasteiger partial charge is 0.335 e. The Hall–Kier alpha value is -0.870. The lowest BCUT2D eigenvalue weighted by atomic mass is 10.0. The molecule has 3 N–H and O–H groups in total. The van der Waals surface area contributed by atoms with Gasteiger partial charge in [0.15, 0.2) is 0 Å². The molecule has 0 saturated heterocycles. The zero-order valence-electron chi connectivity index (χ0n) is 11.2. The highest BCUT2D eigenvalue weighted by atomic mass is 15.2. The Kier molecular flexibility index (Phi) is 6.89. The Morgan fingerprint density at radius 3 is 2.82 bits per heavy atom. The highest BCUT2D eigenvalue weighted by Crippen LogP contribution is 2.09. The van der Waals surface area contributed by atoms with E-state index in [2.05, 4.69) is 28.8 Å². The molecule has 0 amide bonds. The first-order valence-electron chi connectivity index (χ1n) is 6.77. The highest BCUT2D eigenvalue weighted by Gasteiger charge is 2.10. The van der Waals surface area contributed by atoms with Crippen LogP contribution in [0.4, 0.5) is 0 Å². The third-order valence-corrected chi connectivity index (χ3v) is 3.21. The Labute approximate surface area is 105 Å². The fourth-order valence-corrected chi connectivity index (χ4v) is 2.10. The van der Waals surface area contributed by atoms with Gasteiger partial charge in [-0.15, -0.1) is 0 Å². The van der Waals surface area contributed by atoms with Gasteiger partial charge in [-0.25, -0.2) is 4.98 Å². The highest BCUT2D eigenvalue weighted by molar-refractivity contribution is 4.95. The number of imidazole rings is 1. The number of nitrogens with one attached hydrogen (secondary N) is 1. The second-order valence-electron chi connectivity index (χ2n) is 4.55. The van der Waals surface area contributed by atoms with Crippen molar-refractivity contribution in [2.45, 2.75) is 65.0 Å². The minimum absolute atomic E-state index is 0.347. The van der Waals surface area contributed by atoms with Gasteiger partial charge in [-0.05, 0) is 13.3 Å². The van der Waals surface area contributed by atoms with Gasteiger partial charge in [0.05, 0.1) is 0 Å². The quantitative estimate of drug-likeness (QED) is 0.394. The zero-order chi connectivity index (χ0) is 12.5. The van der Waals surface area contributed by atoms with E-state index in [1.165, 1.54) is 25.7 Å². The fraction of sp³-hybridized carbons (Fsp3) is 0.769. The maximum Gasteiger partial charge on any atom is 0.110 e. The monoisotopic (exact) mass is 238 g/mol. The number of hydrazine groups is 1. The Bertz CT molecular complexity index is 295. The van der Waals surface area contributed by atoms with Crippen molar-refractivity contribution in [1.29, 1.82) is 0 Å². The van der Waals surface area contributed by atoms with E-state index in [-0.39, 0.29) is 0 Å². The van der Waals surface area contributed by atoms with E-state index in [9.17, 15) is 0 Å². The topological polar surface area (TPSA) is 55.9 Å². The van der Waals surface area contributed by atoms with Crippen molar-refractivity contribution in [1.82, 2.24) is 15.0 Å². The normalized spacial score (nSPS) is 12.9.